The maximum Gasteiger partial charge on any atom is 0.224 e. The third-order valence-electron chi connectivity index (χ3n) is 6.13. The molecule has 0 aliphatic carbocycles. The zero-order chi connectivity index (χ0) is 24.4. The number of benzene rings is 4. The van der Waals surface area contributed by atoms with Gasteiger partial charge in [0.2, 0.25) is 11.5 Å². The second kappa shape index (κ2) is 9.65. The second-order valence-corrected chi connectivity index (χ2v) is 8.73. The van der Waals surface area contributed by atoms with Crippen molar-refractivity contribution in [3.63, 3.8) is 0 Å². The topological polar surface area (TPSA) is 62.8 Å². The van der Waals surface area contributed by atoms with E-state index in [2.05, 4.69) is 5.32 Å². The van der Waals surface area contributed by atoms with Gasteiger partial charge in [0.25, 0.3) is 0 Å². The van der Waals surface area contributed by atoms with Crippen LogP contribution in [0.2, 0.25) is 5.02 Å². The van der Waals surface area contributed by atoms with E-state index in [-0.39, 0.29) is 5.91 Å². The third-order valence-corrected chi connectivity index (χ3v) is 6.49. The van der Waals surface area contributed by atoms with Gasteiger partial charge in [-0.15, -0.1) is 0 Å². The molecule has 0 saturated carbocycles. The number of anilines is 1. The lowest BCUT2D eigenvalue weighted by Crippen LogP contribution is -2.24. The normalized spacial score (nSPS) is 11.0. The zero-order valence-electron chi connectivity index (χ0n) is 19.3. The quantitative estimate of drug-likeness (QED) is 0.281. The Kier molecular flexibility index (Phi) is 6.25. The first-order valence-electron chi connectivity index (χ1n) is 11.5. The first kappa shape index (κ1) is 22.7. The molecule has 0 unspecified atom stereocenters. The number of para-hydroxylation sites is 3. The molecule has 2 N–H and O–H groups in total. The fourth-order valence-corrected chi connectivity index (χ4v) is 4.52. The van der Waals surface area contributed by atoms with Crippen molar-refractivity contribution < 1.29 is 4.79 Å². The summed E-state index contributed by atoms with van der Waals surface area (Å²) in [6, 6.07) is 31.6. The number of imidazole rings is 1. The molecule has 4 aromatic carbocycles. The summed E-state index contributed by atoms with van der Waals surface area (Å²) in [6.45, 7) is 2.35. The molecule has 0 spiro atoms. The van der Waals surface area contributed by atoms with Gasteiger partial charge < -0.3 is 9.88 Å². The molecule has 0 fully saturated rings. The lowest BCUT2D eigenvalue weighted by atomic mass is 10.0. The van der Waals surface area contributed by atoms with Crippen LogP contribution >= 0.6 is 11.6 Å². The average Bonchev–Trinajstić information content (AvgIpc) is 3.17. The molecule has 1 aromatic heterocycles. The van der Waals surface area contributed by atoms with Gasteiger partial charge in [-0.3, -0.25) is 14.8 Å². The van der Waals surface area contributed by atoms with Gasteiger partial charge in [-0.1, -0.05) is 79.2 Å². The maximum atomic E-state index is 12.0. The number of carbonyl (C=O) groups is 1. The van der Waals surface area contributed by atoms with E-state index >= 15 is 0 Å². The van der Waals surface area contributed by atoms with Gasteiger partial charge in [-0.25, -0.2) is 0 Å². The molecule has 0 aliphatic rings. The second-order valence-electron chi connectivity index (χ2n) is 8.32. The lowest BCUT2D eigenvalue weighted by molar-refractivity contribution is -0.115. The van der Waals surface area contributed by atoms with Crippen LogP contribution in [-0.2, 0) is 11.3 Å². The predicted molar refractivity (Wildman–Crippen MR) is 142 cm³/mol. The number of nitrogens with one attached hydrogen (secondary N) is 2. The Labute approximate surface area is 208 Å². The highest BCUT2D eigenvalue weighted by molar-refractivity contribution is 6.31. The predicted octanol–water partition coefficient (Wildman–Crippen LogP) is 6.63. The summed E-state index contributed by atoms with van der Waals surface area (Å²) in [5, 5.41) is 12.7. The van der Waals surface area contributed by atoms with Crippen molar-refractivity contribution >= 4 is 34.2 Å². The smallest absolute Gasteiger partial charge is 0.224 e. The zero-order valence-corrected chi connectivity index (χ0v) is 20.1. The van der Waals surface area contributed by atoms with Crippen molar-refractivity contribution in [1.29, 1.82) is 5.41 Å². The molecule has 35 heavy (non-hydrogen) atoms. The van der Waals surface area contributed by atoms with Crippen molar-refractivity contribution in [2.24, 2.45) is 0 Å². The average molecular weight is 481 g/mol. The first-order valence-corrected chi connectivity index (χ1v) is 11.9. The van der Waals surface area contributed by atoms with Crippen LogP contribution in [0.25, 0.3) is 27.8 Å². The van der Waals surface area contributed by atoms with Gasteiger partial charge in [-0.2, -0.15) is 0 Å². The van der Waals surface area contributed by atoms with E-state index in [1.54, 1.807) is 0 Å². The summed E-state index contributed by atoms with van der Waals surface area (Å²) in [7, 11) is 0. The van der Waals surface area contributed by atoms with Gasteiger partial charge >= 0.3 is 0 Å². The molecule has 0 atom stereocenters. The summed E-state index contributed by atoms with van der Waals surface area (Å²) >= 11 is 6.42. The summed E-state index contributed by atoms with van der Waals surface area (Å²) < 4.78 is 3.92. The Morgan fingerprint density at radius 3 is 2.26 bits per heavy atom. The van der Waals surface area contributed by atoms with Gasteiger partial charge in [0, 0.05) is 28.4 Å². The Balaban J connectivity index is 1.57. The van der Waals surface area contributed by atoms with Gasteiger partial charge in [-0.05, 0) is 47.5 Å². The molecular formula is C29H25ClN4O. The van der Waals surface area contributed by atoms with Gasteiger partial charge in [0.05, 0.1) is 17.6 Å². The number of amides is 1. The van der Waals surface area contributed by atoms with E-state index in [0.29, 0.717) is 23.6 Å². The Morgan fingerprint density at radius 1 is 0.857 bits per heavy atom. The van der Waals surface area contributed by atoms with Gasteiger partial charge in [0.15, 0.2) is 0 Å². The highest BCUT2D eigenvalue weighted by atomic mass is 35.5. The standard InChI is InChI=1S/C29H25ClN4O/c1-2-28(35)32-25-12-6-4-10-23(25)20-15-17-22(18-16-20)34-27-14-8-7-13-26(27)33(29(34)31)19-21-9-3-5-11-24(21)30/h3-18,31H,2,19H2,1H3,(H,32,35). The Bertz CT molecular complexity index is 1580. The maximum absolute atomic E-state index is 12.0. The highest BCUT2D eigenvalue weighted by Gasteiger charge is 2.14. The number of hydrogen-bond acceptors (Lipinski definition) is 2. The van der Waals surface area contributed by atoms with Crippen LogP contribution in [0.3, 0.4) is 0 Å². The minimum atomic E-state index is -0.0187. The van der Waals surface area contributed by atoms with E-state index in [1.807, 2.05) is 113 Å². The van der Waals surface area contributed by atoms with Crippen LogP contribution in [0.1, 0.15) is 18.9 Å². The summed E-state index contributed by atoms with van der Waals surface area (Å²) in [5.41, 5.74) is 6.89. The van der Waals surface area contributed by atoms with E-state index in [0.717, 1.165) is 39.1 Å². The number of carbonyl (C=O) groups excluding carboxylic acids is 1. The molecule has 0 bridgehead atoms. The number of fused-ring (bicyclic) bond motifs is 1. The largest absolute Gasteiger partial charge is 0.326 e. The van der Waals surface area contributed by atoms with E-state index < -0.39 is 0 Å². The molecule has 0 radical (unpaired) electrons. The third kappa shape index (κ3) is 4.38. The van der Waals surface area contributed by atoms with Crippen molar-refractivity contribution in [2.75, 3.05) is 5.32 Å². The van der Waals surface area contributed by atoms with Crippen LogP contribution < -0.4 is 10.9 Å². The number of hydrogen-bond donors (Lipinski definition) is 2. The molecular weight excluding hydrogens is 456 g/mol. The molecule has 174 valence electrons. The number of nitrogens with zero attached hydrogens (tertiary/aromatic N) is 2. The van der Waals surface area contributed by atoms with Crippen LogP contribution in [0.5, 0.6) is 0 Å². The molecule has 0 saturated heterocycles. The van der Waals surface area contributed by atoms with Crippen LogP contribution in [0, 0.1) is 5.41 Å². The number of aromatic nitrogens is 2. The molecule has 1 amide bonds. The molecule has 1 heterocycles. The van der Waals surface area contributed by atoms with Crippen molar-refractivity contribution in [2.45, 2.75) is 19.9 Å². The van der Waals surface area contributed by atoms with Gasteiger partial charge in [0.1, 0.15) is 0 Å². The Hall–Kier alpha value is -4.09. The summed E-state index contributed by atoms with van der Waals surface area (Å²) in [5.74, 6) is -0.0187. The Morgan fingerprint density at radius 2 is 1.51 bits per heavy atom. The molecule has 6 heteroatoms. The number of rotatable bonds is 6. The molecule has 5 nitrogen and oxygen atoms in total. The van der Waals surface area contributed by atoms with Crippen molar-refractivity contribution in [3.8, 4) is 16.8 Å². The SMILES string of the molecule is CCC(=O)Nc1ccccc1-c1ccc(-n2c(=N)n(Cc3ccccc3Cl)c3ccccc32)cc1. The van der Waals surface area contributed by atoms with E-state index in [4.69, 9.17) is 17.0 Å². The highest BCUT2D eigenvalue weighted by Crippen LogP contribution is 2.29. The summed E-state index contributed by atoms with van der Waals surface area (Å²) in [4.78, 5) is 12.0. The van der Waals surface area contributed by atoms with Crippen LogP contribution in [0.4, 0.5) is 5.69 Å². The minimum Gasteiger partial charge on any atom is -0.326 e. The fourth-order valence-electron chi connectivity index (χ4n) is 4.32. The first-order chi connectivity index (χ1) is 17.1. The van der Waals surface area contributed by atoms with E-state index in [1.165, 1.54) is 0 Å². The molecule has 0 aliphatic heterocycles. The van der Waals surface area contributed by atoms with Crippen molar-refractivity contribution in [1.82, 2.24) is 9.13 Å². The van der Waals surface area contributed by atoms with E-state index in [9.17, 15) is 4.79 Å². The van der Waals surface area contributed by atoms with Crippen LogP contribution in [-0.4, -0.2) is 15.0 Å². The van der Waals surface area contributed by atoms with Crippen molar-refractivity contribution in [3.05, 3.63) is 113 Å². The fraction of sp³-hybridized carbons (Fsp3) is 0.103. The number of halogens is 1. The minimum absolute atomic E-state index is 0.0187. The molecule has 5 rings (SSSR count). The summed E-state index contributed by atoms with van der Waals surface area (Å²) in [6.07, 6.45) is 0.425. The van der Waals surface area contributed by atoms with Crippen LogP contribution in [0.15, 0.2) is 97.1 Å². The lowest BCUT2D eigenvalue weighted by Gasteiger charge is -2.12. The monoisotopic (exact) mass is 480 g/mol. The molecule has 5 aromatic rings.